The van der Waals surface area contributed by atoms with E-state index < -0.39 is 0 Å². The van der Waals surface area contributed by atoms with E-state index in [2.05, 4.69) is 45.0 Å². The quantitative estimate of drug-likeness (QED) is 0.863. The number of nitrogens with zero attached hydrogens (tertiary/aromatic N) is 2. The lowest BCUT2D eigenvalue weighted by Crippen LogP contribution is -2.15. The van der Waals surface area contributed by atoms with Crippen molar-refractivity contribution < 1.29 is 0 Å². The van der Waals surface area contributed by atoms with Crippen LogP contribution >= 0.6 is 0 Å². The summed E-state index contributed by atoms with van der Waals surface area (Å²) in [6.45, 7) is 14.2. The first-order chi connectivity index (χ1) is 8.23. The van der Waals surface area contributed by atoms with E-state index in [9.17, 15) is 0 Å². The highest BCUT2D eigenvalue weighted by atomic mass is 15.4. The Morgan fingerprint density at radius 2 is 1.83 bits per heavy atom. The van der Waals surface area contributed by atoms with Crippen LogP contribution in [0.2, 0.25) is 0 Å². The molecule has 1 heterocycles. The van der Waals surface area contributed by atoms with E-state index in [-0.39, 0.29) is 0 Å². The van der Waals surface area contributed by atoms with E-state index in [4.69, 9.17) is 5.73 Å². The predicted molar refractivity (Wildman–Crippen MR) is 76.6 cm³/mol. The molecule has 0 bridgehead atoms. The second-order valence-electron chi connectivity index (χ2n) is 6.59. The molecule has 2 rings (SSSR count). The maximum atomic E-state index is 6.14. The minimum Gasteiger partial charge on any atom is -0.394 e. The first kappa shape index (κ1) is 13.2. The molecule has 0 unspecified atom stereocenters. The zero-order valence-electron chi connectivity index (χ0n) is 12.5. The SMILES string of the molecule is CCCn1nc(C)c(N)c1NC1C(C)(C)C1(C)C. The van der Waals surface area contributed by atoms with Gasteiger partial charge in [-0.1, -0.05) is 34.6 Å². The number of rotatable bonds is 4. The summed E-state index contributed by atoms with van der Waals surface area (Å²) < 4.78 is 2.01. The van der Waals surface area contributed by atoms with Crippen molar-refractivity contribution >= 4 is 11.5 Å². The van der Waals surface area contributed by atoms with Crippen molar-refractivity contribution in [1.82, 2.24) is 9.78 Å². The van der Waals surface area contributed by atoms with Gasteiger partial charge in [0.25, 0.3) is 0 Å². The first-order valence-electron chi connectivity index (χ1n) is 6.83. The predicted octanol–water partition coefficient (Wildman–Crippen LogP) is 3.03. The molecule has 0 amide bonds. The van der Waals surface area contributed by atoms with Crippen LogP contribution in [0.4, 0.5) is 11.5 Å². The molecular formula is C14H26N4. The summed E-state index contributed by atoms with van der Waals surface area (Å²) in [6, 6.07) is 0.457. The Balaban J connectivity index is 2.25. The van der Waals surface area contributed by atoms with Crippen LogP contribution in [-0.4, -0.2) is 15.8 Å². The van der Waals surface area contributed by atoms with Crippen molar-refractivity contribution in [3.8, 4) is 0 Å². The van der Waals surface area contributed by atoms with E-state index in [1.54, 1.807) is 0 Å². The third-order valence-electron chi connectivity index (χ3n) is 4.91. The molecule has 18 heavy (non-hydrogen) atoms. The maximum absolute atomic E-state index is 6.14. The third kappa shape index (κ3) is 1.70. The lowest BCUT2D eigenvalue weighted by Gasteiger charge is -2.11. The van der Waals surface area contributed by atoms with E-state index in [0.717, 1.165) is 30.2 Å². The minimum atomic E-state index is 0.300. The number of nitrogen functional groups attached to an aromatic ring is 1. The molecule has 0 aliphatic heterocycles. The molecule has 1 saturated carbocycles. The van der Waals surface area contributed by atoms with Gasteiger partial charge in [0.15, 0.2) is 0 Å². The Morgan fingerprint density at radius 1 is 1.28 bits per heavy atom. The standard InChI is InChI=1S/C14H26N4/c1-7-8-18-11(10(15)9(2)17-18)16-12-13(3,4)14(12,5)6/h12,16H,7-8,15H2,1-6H3. The van der Waals surface area contributed by atoms with Gasteiger partial charge in [-0.15, -0.1) is 0 Å². The van der Waals surface area contributed by atoms with Crippen LogP contribution in [-0.2, 0) is 6.54 Å². The van der Waals surface area contributed by atoms with Gasteiger partial charge in [-0.2, -0.15) is 5.10 Å². The molecule has 3 N–H and O–H groups in total. The number of anilines is 2. The molecular weight excluding hydrogens is 224 g/mol. The smallest absolute Gasteiger partial charge is 0.148 e. The Bertz CT molecular complexity index is 443. The van der Waals surface area contributed by atoms with Crippen molar-refractivity contribution in [2.24, 2.45) is 10.8 Å². The zero-order chi connectivity index (χ0) is 13.7. The van der Waals surface area contributed by atoms with Crippen LogP contribution in [0, 0.1) is 17.8 Å². The van der Waals surface area contributed by atoms with E-state index >= 15 is 0 Å². The van der Waals surface area contributed by atoms with E-state index in [1.807, 2.05) is 11.6 Å². The van der Waals surface area contributed by atoms with Gasteiger partial charge in [-0.05, 0) is 24.2 Å². The lowest BCUT2D eigenvalue weighted by atomic mass is 10.0. The topological polar surface area (TPSA) is 55.9 Å². The third-order valence-corrected chi connectivity index (χ3v) is 4.91. The van der Waals surface area contributed by atoms with Gasteiger partial charge in [0, 0.05) is 12.6 Å². The molecule has 0 spiro atoms. The summed E-state index contributed by atoms with van der Waals surface area (Å²) in [4.78, 5) is 0. The number of nitrogens with two attached hydrogens (primary N) is 1. The summed E-state index contributed by atoms with van der Waals surface area (Å²) in [7, 11) is 0. The highest BCUT2D eigenvalue weighted by molar-refractivity contribution is 5.66. The summed E-state index contributed by atoms with van der Waals surface area (Å²) in [5, 5.41) is 8.12. The molecule has 1 aliphatic carbocycles. The Labute approximate surface area is 110 Å². The van der Waals surface area contributed by atoms with Crippen LogP contribution < -0.4 is 11.1 Å². The van der Waals surface area contributed by atoms with Crippen LogP contribution in [0.5, 0.6) is 0 Å². The monoisotopic (exact) mass is 250 g/mol. The van der Waals surface area contributed by atoms with Crippen molar-refractivity contribution in [3.63, 3.8) is 0 Å². The van der Waals surface area contributed by atoms with Gasteiger partial charge < -0.3 is 11.1 Å². The Hall–Kier alpha value is -1.19. The summed E-state index contributed by atoms with van der Waals surface area (Å²) >= 11 is 0. The average molecular weight is 250 g/mol. The minimum absolute atomic E-state index is 0.300. The van der Waals surface area contributed by atoms with Gasteiger partial charge in [-0.3, -0.25) is 0 Å². The second kappa shape index (κ2) is 3.90. The summed E-state index contributed by atoms with van der Waals surface area (Å²) in [5.41, 5.74) is 8.45. The van der Waals surface area contributed by atoms with Gasteiger partial charge in [-0.25, -0.2) is 4.68 Å². The fourth-order valence-electron chi connectivity index (χ4n) is 2.82. The lowest BCUT2D eigenvalue weighted by molar-refractivity contribution is 0.457. The van der Waals surface area contributed by atoms with Gasteiger partial charge in [0.2, 0.25) is 0 Å². The molecule has 0 saturated heterocycles. The molecule has 4 nitrogen and oxygen atoms in total. The van der Waals surface area contributed by atoms with Crippen molar-refractivity contribution in [3.05, 3.63) is 5.69 Å². The molecule has 1 aromatic rings. The zero-order valence-corrected chi connectivity index (χ0v) is 12.5. The molecule has 102 valence electrons. The molecule has 1 aliphatic rings. The maximum Gasteiger partial charge on any atom is 0.148 e. The number of nitrogens with one attached hydrogen (secondary N) is 1. The summed E-state index contributed by atoms with van der Waals surface area (Å²) in [5.74, 6) is 0.998. The number of hydrogen-bond acceptors (Lipinski definition) is 3. The van der Waals surface area contributed by atoms with Gasteiger partial charge in [0.1, 0.15) is 5.82 Å². The molecule has 1 aromatic heterocycles. The fourth-order valence-corrected chi connectivity index (χ4v) is 2.82. The Morgan fingerprint density at radius 3 is 2.28 bits per heavy atom. The van der Waals surface area contributed by atoms with E-state index in [0.29, 0.717) is 16.9 Å². The number of aromatic nitrogens is 2. The van der Waals surface area contributed by atoms with Crippen LogP contribution in [0.3, 0.4) is 0 Å². The van der Waals surface area contributed by atoms with Crippen molar-refractivity contribution in [2.75, 3.05) is 11.1 Å². The second-order valence-corrected chi connectivity index (χ2v) is 6.59. The molecule has 4 heteroatoms. The highest BCUT2D eigenvalue weighted by Gasteiger charge is 2.65. The largest absolute Gasteiger partial charge is 0.394 e. The fraction of sp³-hybridized carbons (Fsp3) is 0.786. The molecule has 1 fully saturated rings. The van der Waals surface area contributed by atoms with Crippen LogP contribution in [0.15, 0.2) is 0 Å². The first-order valence-corrected chi connectivity index (χ1v) is 6.83. The van der Waals surface area contributed by atoms with Crippen molar-refractivity contribution in [1.29, 1.82) is 0 Å². The van der Waals surface area contributed by atoms with Gasteiger partial charge >= 0.3 is 0 Å². The molecule has 0 aromatic carbocycles. The number of hydrogen-bond donors (Lipinski definition) is 2. The number of aryl methyl sites for hydroxylation is 2. The molecule has 0 atom stereocenters. The normalized spacial score (nSPS) is 21.0. The molecule has 0 radical (unpaired) electrons. The highest BCUT2D eigenvalue weighted by Crippen LogP contribution is 2.63. The van der Waals surface area contributed by atoms with Gasteiger partial charge in [0.05, 0.1) is 11.4 Å². The summed E-state index contributed by atoms with van der Waals surface area (Å²) in [6.07, 6.45) is 1.06. The van der Waals surface area contributed by atoms with E-state index in [1.165, 1.54) is 0 Å². The van der Waals surface area contributed by atoms with Crippen LogP contribution in [0.1, 0.15) is 46.7 Å². The van der Waals surface area contributed by atoms with Crippen LogP contribution in [0.25, 0.3) is 0 Å². The Kier molecular flexibility index (Phi) is 2.87. The average Bonchev–Trinajstić information content (AvgIpc) is 2.50. The van der Waals surface area contributed by atoms with Crippen molar-refractivity contribution in [2.45, 2.75) is 60.5 Å².